The maximum absolute atomic E-state index is 10.8. The van der Waals surface area contributed by atoms with E-state index in [4.69, 9.17) is 5.73 Å². The second-order valence-electron chi connectivity index (χ2n) is 3.51. The molecule has 0 radical (unpaired) electrons. The van der Waals surface area contributed by atoms with Crippen molar-refractivity contribution in [3.05, 3.63) is 41.7 Å². The van der Waals surface area contributed by atoms with Gasteiger partial charge in [-0.1, -0.05) is 0 Å². The van der Waals surface area contributed by atoms with Gasteiger partial charge in [0.05, 0.1) is 0 Å². The minimum Gasteiger partial charge on any atom is -0.364 e. The first-order chi connectivity index (χ1) is 8.15. The summed E-state index contributed by atoms with van der Waals surface area (Å²) in [6.45, 7) is 1.97. The van der Waals surface area contributed by atoms with Crippen LogP contribution in [-0.2, 0) is 0 Å². The molecule has 2 aromatic rings. The zero-order valence-electron chi connectivity index (χ0n) is 9.21. The third-order valence-corrected chi connectivity index (χ3v) is 2.09. The van der Waals surface area contributed by atoms with E-state index in [-0.39, 0.29) is 5.69 Å². The molecule has 0 aliphatic rings. The number of pyridine rings is 1. The Kier molecular flexibility index (Phi) is 2.95. The fraction of sp³-hybridized carbons (Fsp3) is 0.0909. The number of aryl methyl sites for hydroxylation is 1. The Morgan fingerprint density at radius 2 is 2.06 bits per heavy atom. The first kappa shape index (κ1) is 11.0. The molecule has 0 fully saturated rings. The Bertz CT molecular complexity index is 538. The summed E-state index contributed by atoms with van der Waals surface area (Å²) >= 11 is 0. The molecule has 6 heteroatoms. The SMILES string of the molecule is Cc1ccnc(Nc2ccc(C(N)=O)nn2)c1. The number of aromatic nitrogens is 3. The topological polar surface area (TPSA) is 93.8 Å². The molecular weight excluding hydrogens is 218 g/mol. The molecule has 17 heavy (non-hydrogen) atoms. The van der Waals surface area contributed by atoms with E-state index < -0.39 is 5.91 Å². The monoisotopic (exact) mass is 229 g/mol. The molecule has 0 saturated carbocycles. The molecule has 0 saturated heterocycles. The summed E-state index contributed by atoms with van der Waals surface area (Å²) in [6.07, 6.45) is 1.70. The Morgan fingerprint density at radius 3 is 2.65 bits per heavy atom. The number of nitrogens with two attached hydrogens (primary N) is 1. The molecule has 0 spiro atoms. The third kappa shape index (κ3) is 2.75. The van der Waals surface area contributed by atoms with Crippen molar-refractivity contribution in [2.45, 2.75) is 6.92 Å². The second kappa shape index (κ2) is 4.56. The molecule has 0 aliphatic carbocycles. The lowest BCUT2D eigenvalue weighted by atomic mass is 10.3. The van der Waals surface area contributed by atoms with Gasteiger partial charge in [-0.15, -0.1) is 10.2 Å². The van der Waals surface area contributed by atoms with Gasteiger partial charge in [-0.2, -0.15) is 0 Å². The summed E-state index contributed by atoms with van der Waals surface area (Å²) in [5, 5.41) is 10.5. The van der Waals surface area contributed by atoms with E-state index in [9.17, 15) is 4.79 Å². The maximum atomic E-state index is 10.8. The van der Waals surface area contributed by atoms with Crippen molar-refractivity contribution in [2.24, 2.45) is 5.73 Å². The van der Waals surface area contributed by atoms with Gasteiger partial charge in [-0.3, -0.25) is 4.79 Å². The van der Waals surface area contributed by atoms with Gasteiger partial charge >= 0.3 is 0 Å². The van der Waals surface area contributed by atoms with E-state index in [0.717, 1.165) is 5.56 Å². The number of rotatable bonds is 3. The van der Waals surface area contributed by atoms with E-state index in [2.05, 4.69) is 20.5 Å². The lowest BCUT2D eigenvalue weighted by Gasteiger charge is -2.04. The molecule has 0 aliphatic heterocycles. The number of nitrogens with zero attached hydrogens (tertiary/aromatic N) is 3. The summed E-state index contributed by atoms with van der Waals surface area (Å²) in [5.74, 6) is 0.581. The van der Waals surface area contributed by atoms with Gasteiger partial charge in [-0.05, 0) is 36.8 Å². The van der Waals surface area contributed by atoms with Crippen LogP contribution in [0.4, 0.5) is 11.6 Å². The number of hydrogen-bond acceptors (Lipinski definition) is 5. The molecule has 2 aromatic heterocycles. The van der Waals surface area contributed by atoms with Crippen LogP contribution in [-0.4, -0.2) is 21.1 Å². The van der Waals surface area contributed by atoms with Gasteiger partial charge in [0.2, 0.25) is 0 Å². The third-order valence-electron chi connectivity index (χ3n) is 2.09. The van der Waals surface area contributed by atoms with Crippen molar-refractivity contribution in [1.29, 1.82) is 0 Å². The van der Waals surface area contributed by atoms with Crippen LogP contribution in [0.5, 0.6) is 0 Å². The average molecular weight is 229 g/mol. The summed E-state index contributed by atoms with van der Waals surface area (Å²) in [4.78, 5) is 14.9. The molecule has 6 nitrogen and oxygen atoms in total. The van der Waals surface area contributed by atoms with E-state index >= 15 is 0 Å². The van der Waals surface area contributed by atoms with Crippen LogP contribution >= 0.6 is 0 Å². The minimum absolute atomic E-state index is 0.132. The van der Waals surface area contributed by atoms with Crippen molar-refractivity contribution < 1.29 is 4.79 Å². The Labute approximate surface area is 97.9 Å². The Hall–Kier alpha value is -2.50. The number of nitrogens with one attached hydrogen (secondary N) is 1. The Morgan fingerprint density at radius 1 is 1.24 bits per heavy atom. The molecule has 0 unspecified atom stereocenters. The van der Waals surface area contributed by atoms with E-state index in [1.54, 1.807) is 12.3 Å². The highest BCUT2D eigenvalue weighted by Crippen LogP contribution is 2.11. The van der Waals surface area contributed by atoms with Gasteiger partial charge in [0, 0.05) is 6.20 Å². The van der Waals surface area contributed by atoms with Crippen molar-refractivity contribution in [3.63, 3.8) is 0 Å². The number of carbonyl (C=O) groups excluding carboxylic acids is 1. The van der Waals surface area contributed by atoms with Gasteiger partial charge in [0.1, 0.15) is 5.82 Å². The van der Waals surface area contributed by atoms with Crippen LogP contribution in [0.1, 0.15) is 16.1 Å². The number of carbonyl (C=O) groups is 1. The van der Waals surface area contributed by atoms with E-state index in [1.165, 1.54) is 6.07 Å². The maximum Gasteiger partial charge on any atom is 0.269 e. The fourth-order valence-corrected chi connectivity index (χ4v) is 1.27. The summed E-state index contributed by atoms with van der Waals surface area (Å²) in [7, 11) is 0. The van der Waals surface area contributed by atoms with E-state index in [1.807, 2.05) is 19.1 Å². The average Bonchev–Trinajstić information content (AvgIpc) is 2.29. The van der Waals surface area contributed by atoms with Gasteiger partial charge in [0.15, 0.2) is 11.5 Å². The van der Waals surface area contributed by atoms with Crippen LogP contribution < -0.4 is 11.1 Å². The zero-order chi connectivity index (χ0) is 12.3. The number of primary amides is 1. The quantitative estimate of drug-likeness (QED) is 0.819. The standard InChI is InChI=1S/C11H11N5O/c1-7-4-5-13-10(6-7)14-9-3-2-8(11(12)17)15-16-9/h2-6H,1H3,(H2,12,17)(H,13,14,16). The second-order valence-corrected chi connectivity index (χ2v) is 3.51. The Balaban J connectivity index is 2.16. The van der Waals surface area contributed by atoms with Crippen LogP contribution in [0.25, 0.3) is 0 Å². The van der Waals surface area contributed by atoms with Crippen molar-refractivity contribution >= 4 is 17.5 Å². The number of anilines is 2. The van der Waals surface area contributed by atoms with Gasteiger partial charge < -0.3 is 11.1 Å². The minimum atomic E-state index is -0.599. The van der Waals surface area contributed by atoms with Gasteiger partial charge in [-0.25, -0.2) is 4.98 Å². The highest BCUT2D eigenvalue weighted by molar-refractivity contribution is 5.90. The predicted octanol–water partition coefficient (Wildman–Crippen LogP) is 1.02. The first-order valence-electron chi connectivity index (χ1n) is 4.98. The normalized spacial score (nSPS) is 9.94. The van der Waals surface area contributed by atoms with Crippen molar-refractivity contribution in [3.8, 4) is 0 Å². The predicted molar refractivity (Wildman–Crippen MR) is 62.8 cm³/mol. The number of hydrogen-bond donors (Lipinski definition) is 2. The molecule has 3 N–H and O–H groups in total. The summed E-state index contributed by atoms with van der Waals surface area (Å²) < 4.78 is 0. The molecule has 2 heterocycles. The van der Waals surface area contributed by atoms with Crippen molar-refractivity contribution in [2.75, 3.05) is 5.32 Å². The van der Waals surface area contributed by atoms with Crippen LogP contribution in [0.3, 0.4) is 0 Å². The highest BCUT2D eigenvalue weighted by atomic mass is 16.1. The zero-order valence-corrected chi connectivity index (χ0v) is 9.21. The largest absolute Gasteiger partial charge is 0.364 e. The van der Waals surface area contributed by atoms with Crippen molar-refractivity contribution in [1.82, 2.24) is 15.2 Å². The van der Waals surface area contributed by atoms with Gasteiger partial charge in [0.25, 0.3) is 5.91 Å². The lowest BCUT2D eigenvalue weighted by Crippen LogP contribution is -2.13. The first-order valence-corrected chi connectivity index (χ1v) is 4.98. The fourth-order valence-electron chi connectivity index (χ4n) is 1.27. The summed E-state index contributed by atoms with van der Waals surface area (Å²) in [6, 6.07) is 6.90. The summed E-state index contributed by atoms with van der Waals surface area (Å²) in [5.41, 5.74) is 6.28. The smallest absolute Gasteiger partial charge is 0.269 e. The lowest BCUT2D eigenvalue weighted by molar-refractivity contribution is 0.0994. The van der Waals surface area contributed by atoms with Crippen LogP contribution in [0.15, 0.2) is 30.5 Å². The van der Waals surface area contributed by atoms with Crippen LogP contribution in [0, 0.1) is 6.92 Å². The molecule has 1 amide bonds. The number of amides is 1. The molecular formula is C11H11N5O. The molecule has 0 bridgehead atoms. The molecule has 0 aromatic carbocycles. The molecule has 2 rings (SSSR count). The van der Waals surface area contributed by atoms with Crippen LogP contribution in [0.2, 0.25) is 0 Å². The molecule has 0 atom stereocenters. The highest BCUT2D eigenvalue weighted by Gasteiger charge is 2.03. The molecule has 86 valence electrons. The van der Waals surface area contributed by atoms with E-state index in [0.29, 0.717) is 11.6 Å².